The number of nitrogens with zero attached hydrogens (tertiary/aromatic N) is 3. The van der Waals surface area contributed by atoms with Crippen LogP contribution in [0.25, 0.3) is 44.2 Å². The van der Waals surface area contributed by atoms with E-state index in [1.165, 1.54) is 16.5 Å². The average molecular weight is 388 g/mol. The van der Waals surface area contributed by atoms with Crippen molar-refractivity contribution < 1.29 is 4.57 Å². The van der Waals surface area contributed by atoms with Gasteiger partial charge >= 0.3 is 0 Å². The van der Waals surface area contributed by atoms with Crippen molar-refractivity contribution in [2.75, 3.05) is 0 Å². The van der Waals surface area contributed by atoms with Crippen LogP contribution in [0.2, 0.25) is 0 Å². The molecule has 2 aromatic heterocycles. The standard InChI is InChI=1S/C27H22N3/c1-18-12-13-22-21-15-14-20(19-9-5-4-6-10-19)23(17-28)26(21)30(3)27(22)25(18)24-11-7-8-16-29(24)2/h4-16H,1-3H3/q+1. The van der Waals surface area contributed by atoms with Gasteiger partial charge < -0.3 is 4.57 Å². The molecular formula is C27H22N3+. The van der Waals surface area contributed by atoms with Crippen LogP contribution in [-0.2, 0) is 14.1 Å². The summed E-state index contributed by atoms with van der Waals surface area (Å²) in [6.07, 6.45) is 2.07. The van der Waals surface area contributed by atoms with Gasteiger partial charge in [0.2, 0.25) is 5.69 Å². The molecule has 3 heteroatoms. The van der Waals surface area contributed by atoms with Crippen LogP contribution in [0.1, 0.15) is 11.1 Å². The van der Waals surface area contributed by atoms with Gasteiger partial charge in [0.25, 0.3) is 0 Å². The van der Waals surface area contributed by atoms with Crippen molar-refractivity contribution in [3.8, 4) is 28.5 Å². The summed E-state index contributed by atoms with van der Waals surface area (Å²) in [6.45, 7) is 2.15. The molecule has 0 amide bonds. The van der Waals surface area contributed by atoms with Gasteiger partial charge in [0.05, 0.1) is 22.2 Å². The van der Waals surface area contributed by atoms with E-state index in [0.717, 1.165) is 38.8 Å². The summed E-state index contributed by atoms with van der Waals surface area (Å²) >= 11 is 0. The summed E-state index contributed by atoms with van der Waals surface area (Å²) < 4.78 is 4.35. The maximum absolute atomic E-state index is 10.1. The Morgan fingerprint density at radius 3 is 2.27 bits per heavy atom. The van der Waals surface area contributed by atoms with Gasteiger partial charge in [0.15, 0.2) is 6.20 Å². The molecule has 0 aliphatic carbocycles. The van der Waals surface area contributed by atoms with Gasteiger partial charge in [-0.15, -0.1) is 0 Å². The lowest BCUT2D eigenvalue weighted by molar-refractivity contribution is -0.660. The summed E-state index contributed by atoms with van der Waals surface area (Å²) in [5.74, 6) is 0. The monoisotopic (exact) mass is 388 g/mol. The molecule has 0 fully saturated rings. The highest BCUT2D eigenvalue weighted by atomic mass is 15.0. The fourth-order valence-corrected chi connectivity index (χ4v) is 4.60. The predicted octanol–water partition coefficient (Wildman–Crippen LogP) is 5.67. The van der Waals surface area contributed by atoms with E-state index in [0.29, 0.717) is 0 Å². The van der Waals surface area contributed by atoms with Gasteiger partial charge in [-0.2, -0.15) is 5.26 Å². The van der Waals surface area contributed by atoms with Crippen LogP contribution in [0.4, 0.5) is 0 Å². The first-order chi connectivity index (χ1) is 14.6. The Morgan fingerprint density at radius 2 is 1.53 bits per heavy atom. The van der Waals surface area contributed by atoms with Crippen molar-refractivity contribution in [1.82, 2.24) is 4.57 Å². The summed E-state index contributed by atoms with van der Waals surface area (Å²) in [4.78, 5) is 0. The molecular weight excluding hydrogens is 366 g/mol. The Labute approximate surface area is 176 Å². The molecule has 0 saturated carbocycles. The molecule has 0 radical (unpaired) electrons. The lowest BCUT2D eigenvalue weighted by Gasteiger charge is -2.09. The van der Waals surface area contributed by atoms with Crippen LogP contribution in [-0.4, -0.2) is 4.57 Å². The first-order valence-corrected chi connectivity index (χ1v) is 10.1. The van der Waals surface area contributed by atoms with Gasteiger partial charge in [-0.1, -0.05) is 54.6 Å². The SMILES string of the molecule is Cc1ccc2c3ccc(-c4ccccc4)c(C#N)c3n(C)c2c1-c1cccc[n+]1C. The zero-order valence-corrected chi connectivity index (χ0v) is 17.3. The van der Waals surface area contributed by atoms with E-state index < -0.39 is 0 Å². The maximum atomic E-state index is 10.1. The highest BCUT2D eigenvalue weighted by Gasteiger charge is 2.22. The van der Waals surface area contributed by atoms with Crippen LogP contribution in [0, 0.1) is 18.3 Å². The number of benzene rings is 3. The highest BCUT2D eigenvalue weighted by Crippen LogP contribution is 2.39. The zero-order valence-electron chi connectivity index (χ0n) is 17.3. The molecule has 0 saturated heterocycles. The number of rotatable bonds is 2. The summed E-state index contributed by atoms with van der Waals surface area (Å²) in [6, 6.07) is 27.5. The summed E-state index contributed by atoms with van der Waals surface area (Å²) in [7, 11) is 4.15. The van der Waals surface area contributed by atoms with Gasteiger partial charge in [-0.25, -0.2) is 4.57 Å². The molecule has 0 bridgehead atoms. The van der Waals surface area contributed by atoms with E-state index in [-0.39, 0.29) is 0 Å². The Hall–Kier alpha value is -3.90. The number of pyridine rings is 1. The van der Waals surface area contributed by atoms with Crippen LogP contribution < -0.4 is 4.57 Å². The van der Waals surface area contributed by atoms with E-state index in [9.17, 15) is 5.26 Å². The van der Waals surface area contributed by atoms with Gasteiger partial charge in [-0.05, 0) is 24.1 Å². The van der Waals surface area contributed by atoms with Crippen molar-refractivity contribution in [3.05, 3.63) is 90.1 Å². The molecule has 2 heterocycles. The third-order valence-electron chi connectivity index (χ3n) is 6.03. The molecule has 0 atom stereocenters. The topological polar surface area (TPSA) is 32.6 Å². The molecule has 5 rings (SSSR count). The maximum Gasteiger partial charge on any atom is 0.214 e. The first kappa shape index (κ1) is 18.1. The molecule has 144 valence electrons. The van der Waals surface area contributed by atoms with Crippen LogP contribution in [0.5, 0.6) is 0 Å². The van der Waals surface area contributed by atoms with Gasteiger partial charge in [0.1, 0.15) is 13.1 Å². The number of aromatic nitrogens is 2. The Kier molecular flexibility index (Phi) is 4.15. The molecule has 30 heavy (non-hydrogen) atoms. The Bertz CT molecular complexity index is 1470. The average Bonchev–Trinajstić information content (AvgIpc) is 3.06. The second-order valence-corrected chi connectivity index (χ2v) is 7.77. The zero-order chi connectivity index (χ0) is 20.8. The normalized spacial score (nSPS) is 11.1. The lowest BCUT2D eigenvalue weighted by atomic mass is 9.96. The third kappa shape index (κ3) is 2.54. The molecule has 5 aromatic rings. The lowest BCUT2D eigenvalue weighted by Crippen LogP contribution is -2.30. The van der Waals surface area contributed by atoms with E-state index in [1.807, 2.05) is 24.3 Å². The van der Waals surface area contributed by atoms with Crippen LogP contribution >= 0.6 is 0 Å². The molecule has 3 nitrogen and oxygen atoms in total. The first-order valence-electron chi connectivity index (χ1n) is 10.1. The summed E-state index contributed by atoms with van der Waals surface area (Å²) in [5.41, 5.74) is 8.49. The third-order valence-corrected chi connectivity index (χ3v) is 6.03. The fourth-order valence-electron chi connectivity index (χ4n) is 4.60. The highest BCUT2D eigenvalue weighted by molar-refractivity contribution is 6.15. The molecule has 0 aliphatic rings. The van der Waals surface area contributed by atoms with E-state index in [2.05, 4.69) is 91.0 Å². The van der Waals surface area contributed by atoms with Crippen molar-refractivity contribution in [2.24, 2.45) is 14.1 Å². The van der Waals surface area contributed by atoms with Gasteiger partial charge in [0, 0.05) is 35.5 Å². The molecule has 0 aliphatic heterocycles. The van der Waals surface area contributed by atoms with Crippen LogP contribution in [0.15, 0.2) is 79.0 Å². The molecule has 3 aromatic carbocycles. The Morgan fingerprint density at radius 1 is 0.833 bits per heavy atom. The second-order valence-electron chi connectivity index (χ2n) is 7.77. The molecule has 0 unspecified atom stereocenters. The van der Waals surface area contributed by atoms with E-state index >= 15 is 0 Å². The number of aryl methyl sites for hydroxylation is 3. The second kappa shape index (κ2) is 6.86. The number of fused-ring (bicyclic) bond motifs is 3. The molecule has 0 N–H and O–H groups in total. The number of nitriles is 1. The predicted molar refractivity (Wildman–Crippen MR) is 122 cm³/mol. The smallest absolute Gasteiger partial charge is 0.214 e. The van der Waals surface area contributed by atoms with Crippen molar-refractivity contribution >= 4 is 21.8 Å². The van der Waals surface area contributed by atoms with E-state index in [4.69, 9.17) is 0 Å². The van der Waals surface area contributed by atoms with Crippen molar-refractivity contribution in [3.63, 3.8) is 0 Å². The number of hydrogen-bond donors (Lipinski definition) is 0. The fraction of sp³-hybridized carbons (Fsp3) is 0.111. The minimum absolute atomic E-state index is 0.721. The van der Waals surface area contributed by atoms with Gasteiger partial charge in [-0.3, -0.25) is 0 Å². The largest absolute Gasteiger partial charge is 0.342 e. The Balaban J connectivity index is 1.94. The van der Waals surface area contributed by atoms with E-state index in [1.54, 1.807) is 0 Å². The minimum atomic E-state index is 0.721. The summed E-state index contributed by atoms with van der Waals surface area (Å²) in [5, 5.41) is 12.4. The quantitative estimate of drug-likeness (QED) is 0.359. The molecule has 0 spiro atoms. The van der Waals surface area contributed by atoms with Crippen molar-refractivity contribution in [2.45, 2.75) is 6.92 Å². The van der Waals surface area contributed by atoms with Crippen LogP contribution in [0.3, 0.4) is 0 Å². The minimum Gasteiger partial charge on any atom is -0.342 e. The number of hydrogen-bond acceptors (Lipinski definition) is 1. The van der Waals surface area contributed by atoms with Crippen molar-refractivity contribution in [1.29, 1.82) is 5.26 Å².